The SMILES string of the molecule is CCOC(=O)c1ccc(-c2nc3sc(C)c(C)c3c(=O)[nH]2)cc1. The maximum atomic E-state index is 12.3. The molecule has 5 nitrogen and oxygen atoms in total. The van der Waals surface area contributed by atoms with Crippen molar-refractivity contribution in [3.63, 3.8) is 0 Å². The average molecular weight is 328 g/mol. The summed E-state index contributed by atoms with van der Waals surface area (Å²) < 4.78 is 4.96. The molecule has 0 bridgehead atoms. The molecule has 0 fully saturated rings. The third-order valence-electron chi connectivity index (χ3n) is 3.71. The first-order valence-corrected chi connectivity index (χ1v) is 8.10. The van der Waals surface area contributed by atoms with Crippen molar-refractivity contribution >= 4 is 27.5 Å². The first-order valence-electron chi connectivity index (χ1n) is 7.28. The molecule has 3 aromatic rings. The Bertz CT molecular complexity index is 939. The van der Waals surface area contributed by atoms with Gasteiger partial charge in [-0.3, -0.25) is 4.79 Å². The Morgan fingerprint density at radius 1 is 1.26 bits per heavy atom. The van der Waals surface area contributed by atoms with Crippen molar-refractivity contribution < 1.29 is 9.53 Å². The van der Waals surface area contributed by atoms with Crippen LogP contribution in [0.15, 0.2) is 29.1 Å². The molecule has 0 aliphatic heterocycles. The molecule has 23 heavy (non-hydrogen) atoms. The lowest BCUT2D eigenvalue weighted by Gasteiger charge is -2.04. The number of carbonyl (C=O) groups excluding carboxylic acids is 1. The number of thiophene rings is 1. The molecule has 6 heteroatoms. The second-order valence-electron chi connectivity index (χ2n) is 5.18. The number of nitrogens with zero attached hydrogens (tertiary/aromatic N) is 1. The number of aromatic nitrogens is 2. The number of H-pyrrole nitrogens is 1. The molecule has 2 heterocycles. The van der Waals surface area contributed by atoms with Crippen LogP contribution in [0.2, 0.25) is 0 Å². The van der Waals surface area contributed by atoms with Crippen LogP contribution in [0.25, 0.3) is 21.6 Å². The maximum absolute atomic E-state index is 12.3. The Labute approximate surface area is 137 Å². The minimum absolute atomic E-state index is 0.138. The van der Waals surface area contributed by atoms with E-state index in [1.807, 2.05) is 13.8 Å². The molecule has 0 aliphatic rings. The molecule has 0 saturated carbocycles. The van der Waals surface area contributed by atoms with Crippen molar-refractivity contribution in [3.05, 3.63) is 50.6 Å². The molecule has 2 aromatic heterocycles. The van der Waals surface area contributed by atoms with Gasteiger partial charge in [-0.1, -0.05) is 12.1 Å². The van der Waals surface area contributed by atoms with E-state index in [1.54, 1.807) is 31.2 Å². The van der Waals surface area contributed by atoms with Gasteiger partial charge in [-0.25, -0.2) is 9.78 Å². The summed E-state index contributed by atoms with van der Waals surface area (Å²) in [6, 6.07) is 6.85. The van der Waals surface area contributed by atoms with Gasteiger partial charge in [0.2, 0.25) is 0 Å². The quantitative estimate of drug-likeness (QED) is 0.748. The highest BCUT2D eigenvalue weighted by Gasteiger charge is 2.13. The van der Waals surface area contributed by atoms with Gasteiger partial charge in [-0.05, 0) is 38.5 Å². The number of aromatic amines is 1. The van der Waals surface area contributed by atoms with Gasteiger partial charge in [0.05, 0.1) is 17.6 Å². The van der Waals surface area contributed by atoms with E-state index >= 15 is 0 Å². The monoisotopic (exact) mass is 328 g/mol. The van der Waals surface area contributed by atoms with Gasteiger partial charge < -0.3 is 9.72 Å². The van der Waals surface area contributed by atoms with Crippen molar-refractivity contribution in [1.82, 2.24) is 9.97 Å². The molecule has 0 atom stereocenters. The second kappa shape index (κ2) is 5.96. The van der Waals surface area contributed by atoms with Gasteiger partial charge in [0.25, 0.3) is 5.56 Å². The minimum Gasteiger partial charge on any atom is -0.462 e. The molecule has 1 aromatic carbocycles. The lowest BCUT2D eigenvalue weighted by Crippen LogP contribution is -2.09. The van der Waals surface area contributed by atoms with Crippen molar-refractivity contribution in [3.8, 4) is 11.4 Å². The average Bonchev–Trinajstić information content (AvgIpc) is 2.82. The van der Waals surface area contributed by atoms with Crippen LogP contribution in [0.3, 0.4) is 0 Å². The van der Waals surface area contributed by atoms with E-state index in [0.29, 0.717) is 23.4 Å². The number of hydrogen-bond acceptors (Lipinski definition) is 5. The highest BCUT2D eigenvalue weighted by atomic mass is 32.1. The summed E-state index contributed by atoms with van der Waals surface area (Å²) in [5.74, 6) is 0.139. The lowest BCUT2D eigenvalue weighted by atomic mass is 10.1. The summed E-state index contributed by atoms with van der Waals surface area (Å²) in [5.41, 5.74) is 2.06. The molecule has 0 unspecified atom stereocenters. The molecule has 0 amide bonds. The number of esters is 1. The first-order chi connectivity index (χ1) is 11.0. The molecule has 1 N–H and O–H groups in total. The highest BCUT2D eigenvalue weighted by molar-refractivity contribution is 7.18. The van der Waals surface area contributed by atoms with Crippen LogP contribution in [0.5, 0.6) is 0 Å². The van der Waals surface area contributed by atoms with Gasteiger partial charge in [0, 0.05) is 10.4 Å². The fourth-order valence-corrected chi connectivity index (χ4v) is 3.40. The van der Waals surface area contributed by atoms with Crippen LogP contribution < -0.4 is 5.56 Å². The first kappa shape index (κ1) is 15.4. The number of carbonyl (C=O) groups is 1. The highest BCUT2D eigenvalue weighted by Crippen LogP contribution is 2.27. The Morgan fingerprint density at radius 2 is 1.96 bits per heavy atom. The topological polar surface area (TPSA) is 72.0 Å². The van der Waals surface area contributed by atoms with Crippen LogP contribution >= 0.6 is 11.3 Å². The Kier molecular flexibility index (Phi) is 4.00. The molecule has 3 rings (SSSR count). The third-order valence-corrected chi connectivity index (χ3v) is 4.81. The van der Waals surface area contributed by atoms with Crippen molar-refractivity contribution in [2.24, 2.45) is 0 Å². The molecular formula is C17H16N2O3S. The van der Waals surface area contributed by atoms with Crippen molar-refractivity contribution in [1.29, 1.82) is 0 Å². The minimum atomic E-state index is -0.361. The van der Waals surface area contributed by atoms with Crippen molar-refractivity contribution in [2.75, 3.05) is 6.61 Å². The van der Waals surface area contributed by atoms with E-state index in [1.165, 1.54) is 11.3 Å². The van der Waals surface area contributed by atoms with Crippen LogP contribution in [0.1, 0.15) is 27.7 Å². The van der Waals surface area contributed by atoms with Crippen LogP contribution in [-0.2, 0) is 4.74 Å². The standard InChI is InChI=1S/C17H16N2O3S/c1-4-22-17(21)12-7-5-11(6-8-12)14-18-15(20)13-9(2)10(3)23-16(13)19-14/h5-8H,4H2,1-3H3,(H,18,19,20). The summed E-state index contributed by atoms with van der Waals surface area (Å²) >= 11 is 1.51. The zero-order chi connectivity index (χ0) is 16.6. The lowest BCUT2D eigenvalue weighted by molar-refractivity contribution is 0.0526. The Morgan fingerprint density at radius 3 is 2.61 bits per heavy atom. The van der Waals surface area contributed by atoms with E-state index in [0.717, 1.165) is 20.8 Å². The van der Waals surface area contributed by atoms with Gasteiger partial charge in [-0.2, -0.15) is 0 Å². The molecule has 0 saturated heterocycles. The maximum Gasteiger partial charge on any atom is 0.338 e. The smallest absolute Gasteiger partial charge is 0.338 e. The fourth-order valence-electron chi connectivity index (χ4n) is 2.37. The summed E-state index contributed by atoms with van der Waals surface area (Å²) in [5, 5.41) is 0.652. The molecule has 0 radical (unpaired) electrons. The van der Waals surface area contributed by atoms with Crippen LogP contribution in [0.4, 0.5) is 0 Å². The van der Waals surface area contributed by atoms with Gasteiger partial charge in [0.15, 0.2) is 0 Å². The normalized spacial score (nSPS) is 10.9. The zero-order valence-electron chi connectivity index (χ0n) is 13.1. The Balaban J connectivity index is 2.03. The van der Waals surface area contributed by atoms with Crippen LogP contribution in [-0.4, -0.2) is 22.5 Å². The summed E-state index contributed by atoms with van der Waals surface area (Å²) in [7, 11) is 0. The number of aryl methyl sites for hydroxylation is 2. The Hall–Kier alpha value is -2.47. The number of benzene rings is 1. The van der Waals surface area contributed by atoms with Gasteiger partial charge in [0.1, 0.15) is 10.7 Å². The number of rotatable bonds is 3. The molecule has 0 aliphatic carbocycles. The van der Waals surface area contributed by atoms with E-state index in [2.05, 4.69) is 9.97 Å². The zero-order valence-corrected chi connectivity index (χ0v) is 13.9. The van der Waals surface area contributed by atoms with E-state index < -0.39 is 0 Å². The largest absolute Gasteiger partial charge is 0.462 e. The number of nitrogens with one attached hydrogen (secondary N) is 1. The number of hydrogen-bond donors (Lipinski definition) is 1. The third kappa shape index (κ3) is 2.77. The predicted molar refractivity (Wildman–Crippen MR) is 91.1 cm³/mol. The number of ether oxygens (including phenoxy) is 1. The van der Waals surface area contributed by atoms with Gasteiger partial charge >= 0.3 is 5.97 Å². The summed E-state index contributed by atoms with van der Waals surface area (Å²) in [6.45, 7) is 6.01. The van der Waals surface area contributed by atoms with Crippen molar-refractivity contribution in [2.45, 2.75) is 20.8 Å². The number of fused-ring (bicyclic) bond motifs is 1. The molecular weight excluding hydrogens is 312 g/mol. The predicted octanol–water partition coefficient (Wildman–Crippen LogP) is 3.45. The summed E-state index contributed by atoms with van der Waals surface area (Å²) in [4.78, 5) is 33.2. The van der Waals surface area contributed by atoms with E-state index in [9.17, 15) is 9.59 Å². The fraction of sp³-hybridized carbons (Fsp3) is 0.235. The van der Waals surface area contributed by atoms with Crippen LogP contribution in [0, 0.1) is 13.8 Å². The van der Waals surface area contributed by atoms with E-state index in [-0.39, 0.29) is 11.5 Å². The molecule has 118 valence electrons. The van der Waals surface area contributed by atoms with Gasteiger partial charge in [-0.15, -0.1) is 11.3 Å². The summed E-state index contributed by atoms with van der Waals surface area (Å²) in [6.07, 6.45) is 0. The molecule has 0 spiro atoms. The van der Waals surface area contributed by atoms with E-state index in [4.69, 9.17) is 4.74 Å². The second-order valence-corrected chi connectivity index (χ2v) is 6.38.